The highest BCUT2D eigenvalue weighted by Crippen LogP contribution is 2.34. The molecule has 0 N–H and O–H groups in total. The van der Waals surface area contributed by atoms with E-state index in [0.29, 0.717) is 17.8 Å². The predicted molar refractivity (Wildman–Crippen MR) is 105 cm³/mol. The summed E-state index contributed by atoms with van der Waals surface area (Å²) in [6, 6.07) is 15.4. The van der Waals surface area contributed by atoms with E-state index in [1.807, 2.05) is 69.3 Å². The zero-order valence-corrected chi connectivity index (χ0v) is 15.9. The van der Waals surface area contributed by atoms with Crippen LogP contribution in [0, 0.1) is 6.92 Å². The van der Waals surface area contributed by atoms with Gasteiger partial charge < -0.3 is 9.15 Å². The summed E-state index contributed by atoms with van der Waals surface area (Å²) >= 11 is 0. The summed E-state index contributed by atoms with van der Waals surface area (Å²) in [5.41, 5.74) is 2.94. The lowest BCUT2D eigenvalue weighted by Gasteiger charge is -2.27. The summed E-state index contributed by atoms with van der Waals surface area (Å²) in [6.45, 7) is 5.94. The Morgan fingerprint density at radius 1 is 1.19 bits per heavy atom. The van der Waals surface area contributed by atoms with E-state index in [2.05, 4.69) is 5.10 Å². The van der Waals surface area contributed by atoms with Gasteiger partial charge in [0.05, 0.1) is 18.4 Å². The van der Waals surface area contributed by atoms with Crippen molar-refractivity contribution in [3.63, 3.8) is 0 Å². The molecule has 0 bridgehead atoms. The van der Waals surface area contributed by atoms with Gasteiger partial charge in [0.2, 0.25) is 0 Å². The summed E-state index contributed by atoms with van der Waals surface area (Å²) in [6.07, 6.45) is 0.658. The molecular weight excluding hydrogens is 340 g/mol. The van der Waals surface area contributed by atoms with Gasteiger partial charge in [-0.15, -0.1) is 0 Å². The molecule has 0 spiro atoms. The van der Waals surface area contributed by atoms with Crippen molar-refractivity contribution in [1.82, 2.24) is 5.01 Å². The van der Waals surface area contributed by atoms with Gasteiger partial charge in [-0.25, -0.2) is 5.01 Å². The smallest absolute Gasteiger partial charge is 0.310 e. The topological polar surface area (TPSA) is 55.0 Å². The van der Waals surface area contributed by atoms with E-state index in [4.69, 9.17) is 9.15 Å². The van der Waals surface area contributed by atoms with Crippen LogP contribution < -0.4 is 4.74 Å². The quantitative estimate of drug-likeness (QED) is 0.674. The number of carbonyl (C=O) groups excluding carboxylic acids is 1. The maximum absolute atomic E-state index is 13.3. The fraction of sp³-hybridized carbons (Fsp3) is 0.273. The first-order chi connectivity index (χ1) is 12.9. The molecule has 3 aromatic rings. The molecule has 0 aliphatic carbocycles. The number of methoxy groups -OCH3 is 1. The molecule has 0 radical (unpaired) electrons. The number of carbonyl (C=O) groups is 1. The van der Waals surface area contributed by atoms with Crippen molar-refractivity contribution in [1.29, 1.82) is 0 Å². The van der Waals surface area contributed by atoms with Crippen LogP contribution in [0.5, 0.6) is 5.75 Å². The minimum absolute atomic E-state index is 0.216. The lowest BCUT2D eigenvalue weighted by molar-refractivity contribution is 0.0580. The van der Waals surface area contributed by atoms with Crippen molar-refractivity contribution in [3.8, 4) is 5.75 Å². The number of hydrazone groups is 1. The van der Waals surface area contributed by atoms with E-state index >= 15 is 0 Å². The average Bonchev–Trinajstić information content (AvgIpc) is 3.18. The van der Waals surface area contributed by atoms with Gasteiger partial charge in [0.1, 0.15) is 11.3 Å². The summed E-state index contributed by atoms with van der Waals surface area (Å²) in [4.78, 5) is 13.3. The Bertz CT molecular complexity index is 1060. The molecule has 0 saturated heterocycles. The van der Waals surface area contributed by atoms with Gasteiger partial charge >= 0.3 is 5.91 Å². The van der Waals surface area contributed by atoms with Crippen molar-refractivity contribution >= 4 is 22.6 Å². The zero-order valence-electron chi connectivity index (χ0n) is 15.9. The van der Waals surface area contributed by atoms with Crippen LogP contribution in [0.15, 0.2) is 58.0 Å². The molecule has 0 fully saturated rings. The number of para-hydroxylation sites is 1. The first kappa shape index (κ1) is 17.3. The number of fused-ring (bicyclic) bond motifs is 1. The van der Waals surface area contributed by atoms with Crippen molar-refractivity contribution < 1.29 is 13.9 Å². The van der Waals surface area contributed by atoms with Crippen LogP contribution in [0.2, 0.25) is 0 Å². The minimum Gasteiger partial charge on any atom is -0.497 e. The maximum atomic E-state index is 13.3. The molecule has 0 atom stereocenters. The van der Waals surface area contributed by atoms with Gasteiger partial charge in [-0.3, -0.25) is 4.79 Å². The Balaban J connectivity index is 1.73. The van der Waals surface area contributed by atoms with Gasteiger partial charge in [0, 0.05) is 22.9 Å². The van der Waals surface area contributed by atoms with Crippen molar-refractivity contribution in [2.24, 2.45) is 5.10 Å². The number of hydrogen-bond acceptors (Lipinski definition) is 4. The molecule has 2 heterocycles. The van der Waals surface area contributed by atoms with Crippen LogP contribution in [0.3, 0.4) is 0 Å². The van der Waals surface area contributed by atoms with Gasteiger partial charge in [0.25, 0.3) is 0 Å². The Morgan fingerprint density at radius 3 is 2.70 bits per heavy atom. The predicted octanol–water partition coefficient (Wildman–Crippen LogP) is 4.78. The highest BCUT2D eigenvalue weighted by molar-refractivity contribution is 6.06. The van der Waals surface area contributed by atoms with Crippen molar-refractivity contribution in [2.75, 3.05) is 7.11 Å². The third-order valence-electron chi connectivity index (χ3n) is 5.03. The lowest BCUT2D eigenvalue weighted by atomic mass is 9.94. The third-order valence-corrected chi connectivity index (χ3v) is 5.03. The van der Waals surface area contributed by atoms with Gasteiger partial charge in [-0.05, 0) is 39.0 Å². The first-order valence-corrected chi connectivity index (χ1v) is 8.95. The standard InChI is InChI=1S/C22H22N2O3/c1-14-17-10-5-6-11-19(17)27-20(14)21(25)24-22(2,3)13-18(23-24)15-8-7-9-16(12-15)26-4/h5-12H,13H2,1-4H3. The van der Waals surface area contributed by atoms with Crippen LogP contribution in [0.25, 0.3) is 11.0 Å². The van der Waals surface area contributed by atoms with E-state index in [9.17, 15) is 4.79 Å². The Hall–Kier alpha value is -3.08. The van der Waals surface area contributed by atoms with E-state index in [1.54, 1.807) is 12.1 Å². The largest absolute Gasteiger partial charge is 0.497 e. The second kappa shape index (κ2) is 6.27. The summed E-state index contributed by atoms with van der Waals surface area (Å²) < 4.78 is 11.2. The van der Waals surface area contributed by atoms with Crippen molar-refractivity contribution in [3.05, 3.63) is 65.4 Å². The Labute approximate surface area is 158 Å². The molecule has 27 heavy (non-hydrogen) atoms. The first-order valence-electron chi connectivity index (χ1n) is 8.95. The van der Waals surface area contributed by atoms with E-state index in [1.165, 1.54) is 0 Å². The van der Waals surface area contributed by atoms with Crippen molar-refractivity contribution in [2.45, 2.75) is 32.7 Å². The molecule has 2 aromatic carbocycles. The molecule has 1 aromatic heterocycles. The fourth-order valence-electron chi connectivity index (χ4n) is 3.53. The number of furan rings is 1. The van der Waals surface area contributed by atoms with Crippen LogP contribution in [-0.4, -0.2) is 29.3 Å². The highest BCUT2D eigenvalue weighted by Gasteiger charge is 2.40. The highest BCUT2D eigenvalue weighted by atomic mass is 16.5. The fourth-order valence-corrected chi connectivity index (χ4v) is 3.53. The molecular formula is C22H22N2O3. The van der Waals surface area contributed by atoms with Crippen LogP contribution in [0.1, 0.15) is 41.9 Å². The van der Waals surface area contributed by atoms with Crippen LogP contribution >= 0.6 is 0 Å². The molecule has 0 saturated carbocycles. The molecule has 5 nitrogen and oxygen atoms in total. The molecule has 1 aliphatic heterocycles. The van der Waals surface area contributed by atoms with Crippen LogP contribution in [0.4, 0.5) is 0 Å². The Kier molecular flexibility index (Phi) is 4.02. The molecule has 138 valence electrons. The number of aryl methyl sites for hydroxylation is 1. The number of ether oxygens (including phenoxy) is 1. The molecule has 5 heteroatoms. The summed E-state index contributed by atoms with van der Waals surface area (Å²) in [5, 5.41) is 7.16. The normalized spacial score (nSPS) is 15.9. The second-order valence-electron chi connectivity index (χ2n) is 7.44. The molecule has 0 unspecified atom stereocenters. The molecule has 4 rings (SSSR count). The van der Waals surface area contributed by atoms with E-state index < -0.39 is 5.54 Å². The molecule has 1 aliphatic rings. The van der Waals surface area contributed by atoms with E-state index in [-0.39, 0.29) is 5.91 Å². The van der Waals surface area contributed by atoms with Crippen LogP contribution in [-0.2, 0) is 0 Å². The number of nitrogens with zero attached hydrogens (tertiary/aromatic N) is 2. The number of benzene rings is 2. The Morgan fingerprint density at radius 2 is 1.96 bits per heavy atom. The number of hydrogen-bond donors (Lipinski definition) is 0. The third kappa shape index (κ3) is 2.89. The maximum Gasteiger partial charge on any atom is 0.310 e. The van der Waals surface area contributed by atoms with Gasteiger partial charge in [-0.2, -0.15) is 5.10 Å². The van der Waals surface area contributed by atoms with Gasteiger partial charge in [0.15, 0.2) is 5.76 Å². The number of amides is 1. The zero-order chi connectivity index (χ0) is 19.2. The number of rotatable bonds is 3. The lowest BCUT2D eigenvalue weighted by Crippen LogP contribution is -2.40. The molecule has 1 amide bonds. The second-order valence-corrected chi connectivity index (χ2v) is 7.44. The summed E-state index contributed by atoms with van der Waals surface area (Å²) in [7, 11) is 1.64. The van der Waals surface area contributed by atoms with E-state index in [0.717, 1.165) is 28.0 Å². The van der Waals surface area contributed by atoms with Gasteiger partial charge in [-0.1, -0.05) is 30.3 Å². The SMILES string of the molecule is COc1cccc(C2=NN(C(=O)c3oc4ccccc4c3C)C(C)(C)C2)c1. The minimum atomic E-state index is -0.444. The monoisotopic (exact) mass is 362 g/mol. The summed E-state index contributed by atoms with van der Waals surface area (Å²) in [5.74, 6) is 0.900. The average molecular weight is 362 g/mol.